The van der Waals surface area contributed by atoms with Crippen molar-refractivity contribution < 1.29 is 52.2 Å². The zero-order chi connectivity index (χ0) is 21.7. The summed E-state index contributed by atoms with van der Waals surface area (Å²) in [6, 6.07) is 0. The fourth-order valence-corrected chi connectivity index (χ4v) is 4.36. The Morgan fingerprint density at radius 2 is 2.03 bits per heavy atom. The monoisotopic (exact) mass is 455 g/mol. The molecule has 3 rings (SSSR count). The van der Waals surface area contributed by atoms with Gasteiger partial charge in [0.15, 0.2) is 6.33 Å². The van der Waals surface area contributed by atoms with E-state index in [2.05, 4.69) is 18.8 Å². The predicted octanol–water partition coefficient (Wildman–Crippen LogP) is -4.92. The van der Waals surface area contributed by atoms with E-state index in [1.807, 2.05) is 0 Å². The summed E-state index contributed by atoms with van der Waals surface area (Å²) in [5.41, 5.74) is 5.02. The molecule has 0 amide bonds. The molecule has 2 aromatic rings. The first-order valence-electron chi connectivity index (χ1n) is 7.75. The fourth-order valence-electron chi connectivity index (χ4n) is 2.86. The number of hydrogen-bond donors (Lipinski definition) is 4. The van der Waals surface area contributed by atoms with Gasteiger partial charge in [0.2, 0.25) is 11.7 Å². The maximum atomic E-state index is 12.0. The van der Waals surface area contributed by atoms with Crippen LogP contribution in [0.2, 0.25) is 0 Å². The average molecular weight is 455 g/mol. The van der Waals surface area contributed by atoms with Crippen molar-refractivity contribution in [3.63, 3.8) is 0 Å². The van der Waals surface area contributed by atoms with E-state index in [9.17, 15) is 38.8 Å². The van der Waals surface area contributed by atoms with E-state index < -0.39 is 52.4 Å². The van der Waals surface area contributed by atoms with Crippen molar-refractivity contribution in [1.29, 1.82) is 0 Å². The number of nitrogens with one attached hydrogen (secondary N) is 1. The molecule has 0 bridgehead atoms. The van der Waals surface area contributed by atoms with Crippen molar-refractivity contribution in [3.05, 3.63) is 16.7 Å². The lowest BCUT2D eigenvalue weighted by molar-refractivity contribution is -0.745. The summed E-state index contributed by atoms with van der Waals surface area (Å²) >= 11 is 0. The lowest BCUT2D eigenvalue weighted by Crippen LogP contribution is -2.46. The van der Waals surface area contributed by atoms with Crippen LogP contribution in [0.25, 0.3) is 11.2 Å². The van der Waals surface area contributed by atoms with Crippen LogP contribution in [-0.2, 0) is 29.7 Å². The van der Waals surface area contributed by atoms with Crippen LogP contribution in [0.3, 0.4) is 0 Å². The summed E-state index contributed by atoms with van der Waals surface area (Å²) in [7, 11) is -9.93. The standard InChI is InChI=1S/C11H17N5O11P2/c1-15-3-16(8-5(15)9(19)14-11(12)13-8)10-7(18)6(17)4(26-10)2-25-29(23,24)27-28(20,21)22/h3-4,6-7,10,17-18H,2H2,1H3,(H5-,12,13,14,19,20,21,22,23,24)/p-2/t4-,6-,7-,10-/m1/s1. The molecule has 0 radical (unpaired) electrons. The third-order valence-corrected chi connectivity index (χ3v) is 6.06. The highest BCUT2D eigenvalue weighted by Gasteiger charge is 2.47. The molecule has 16 nitrogen and oxygen atoms in total. The fraction of sp³-hybridized carbons (Fsp3) is 0.545. The van der Waals surface area contributed by atoms with Crippen molar-refractivity contribution in [2.45, 2.75) is 24.5 Å². The zero-order valence-electron chi connectivity index (χ0n) is 14.5. The maximum absolute atomic E-state index is 12.0. The minimum Gasteiger partial charge on any atom is -0.790 e. The number of fused-ring (bicyclic) bond motifs is 1. The average Bonchev–Trinajstić information content (AvgIpc) is 3.01. The summed E-state index contributed by atoms with van der Waals surface area (Å²) in [5.74, 6) is -0.223. The number of aryl methyl sites for hydroxylation is 1. The molecule has 0 saturated carbocycles. The Bertz CT molecular complexity index is 1080. The number of H-pyrrole nitrogens is 1. The number of phosphoric ester groups is 1. The van der Waals surface area contributed by atoms with Crippen LogP contribution >= 0.6 is 15.6 Å². The molecule has 2 aromatic heterocycles. The van der Waals surface area contributed by atoms with Crippen LogP contribution < -0.4 is 30.5 Å². The van der Waals surface area contributed by atoms with Gasteiger partial charge in [-0.1, -0.05) is 4.98 Å². The molecule has 18 heteroatoms. The number of nitrogens with zero attached hydrogens (tertiary/aromatic N) is 3. The molecular formula is C11H15N5O11P2-2. The Morgan fingerprint density at radius 1 is 1.38 bits per heavy atom. The van der Waals surface area contributed by atoms with E-state index in [1.165, 1.54) is 22.5 Å². The summed E-state index contributed by atoms with van der Waals surface area (Å²) in [5, 5.41) is 20.4. The number of aromatic amines is 1. The van der Waals surface area contributed by atoms with Crippen molar-refractivity contribution in [2.24, 2.45) is 7.05 Å². The van der Waals surface area contributed by atoms with Crippen LogP contribution in [0.15, 0.2) is 11.1 Å². The van der Waals surface area contributed by atoms with Gasteiger partial charge in [-0.15, -0.1) is 0 Å². The number of hydrogen-bond acceptors (Lipinski definition) is 13. The second-order valence-corrected chi connectivity index (χ2v) is 8.78. The Hall–Kier alpha value is -1.71. The van der Waals surface area contributed by atoms with Gasteiger partial charge in [0.1, 0.15) is 18.3 Å². The Kier molecular flexibility index (Phi) is 5.70. The number of rotatable bonds is 6. The normalized spacial score (nSPS) is 27.4. The van der Waals surface area contributed by atoms with E-state index in [0.717, 1.165) is 0 Å². The summed E-state index contributed by atoms with van der Waals surface area (Å²) in [6.07, 6.45) is -4.80. The highest BCUT2D eigenvalue weighted by atomic mass is 31.3. The van der Waals surface area contributed by atoms with Crippen LogP contribution in [0.5, 0.6) is 0 Å². The van der Waals surface area contributed by atoms with Gasteiger partial charge in [0.05, 0.1) is 21.5 Å². The number of phosphoric acid groups is 2. The molecule has 3 heterocycles. The quantitative estimate of drug-likeness (QED) is 0.236. The summed E-state index contributed by atoms with van der Waals surface area (Å²) in [4.78, 5) is 50.4. The number of aliphatic hydroxyl groups is 2. The smallest absolute Gasteiger partial charge is 0.313 e. The second-order valence-electron chi connectivity index (χ2n) is 6.08. The second kappa shape index (κ2) is 7.52. The van der Waals surface area contributed by atoms with E-state index in [1.54, 1.807) is 0 Å². The van der Waals surface area contributed by atoms with Crippen LogP contribution in [0.4, 0.5) is 5.95 Å². The molecule has 5 atom stereocenters. The Morgan fingerprint density at radius 3 is 2.66 bits per heavy atom. The van der Waals surface area contributed by atoms with Crippen molar-refractivity contribution in [3.8, 4) is 0 Å². The van der Waals surface area contributed by atoms with Gasteiger partial charge >= 0.3 is 5.65 Å². The van der Waals surface area contributed by atoms with Crippen molar-refractivity contribution in [2.75, 3.05) is 12.3 Å². The highest BCUT2D eigenvalue weighted by molar-refractivity contribution is 7.58. The minimum absolute atomic E-state index is 0.00282. The Labute approximate surface area is 160 Å². The topological polar surface area (TPSA) is 252 Å². The summed E-state index contributed by atoms with van der Waals surface area (Å²) < 4.78 is 37.2. The molecule has 1 aliphatic heterocycles. The lowest BCUT2D eigenvalue weighted by atomic mass is 10.1. The van der Waals surface area contributed by atoms with E-state index in [-0.39, 0.29) is 17.1 Å². The SMILES string of the molecule is Cn1c[n+]([C@@H]2O[C@H](COP(=O)([O-])OP(=O)([O-])[O-])[C@@H](O)[C@H]2O)c2nc(N)[nH]c(=O)c21. The van der Waals surface area contributed by atoms with Gasteiger partial charge in [0.25, 0.3) is 19.3 Å². The van der Waals surface area contributed by atoms with Gasteiger partial charge in [-0.2, -0.15) is 0 Å². The van der Waals surface area contributed by atoms with Crippen LogP contribution in [-0.4, -0.2) is 49.7 Å². The molecule has 1 unspecified atom stereocenters. The first-order chi connectivity index (χ1) is 13.3. The van der Waals surface area contributed by atoms with Crippen molar-refractivity contribution in [1.82, 2.24) is 14.5 Å². The van der Waals surface area contributed by atoms with Crippen molar-refractivity contribution >= 4 is 32.8 Å². The van der Waals surface area contributed by atoms with Gasteiger partial charge in [-0.3, -0.25) is 23.2 Å². The minimum atomic E-state index is -5.88. The maximum Gasteiger partial charge on any atom is 0.313 e. The lowest BCUT2D eigenvalue weighted by Gasteiger charge is -2.35. The third-order valence-electron chi connectivity index (χ3n) is 4.00. The first kappa shape index (κ1) is 22.0. The number of ether oxygens (including phenoxy) is 1. The van der Waals surface area contributed by atoms with Gasteiger partial charge in [0, 0.05) is 0 Å². The molecule has 5 N–H and O–H groups in total. The Balaban J connectivity index is 1.84. The number of aromatic nitrogens is 4. The number of imidazole rings is 1. The van der Waals surface area contributed by atoms with Crippen LogP contribution in [0, 0.1) is 0 Å². The molecule has 0 aliphatic carbocycles. The van der Waals surface area contributed by atoms with Crippen LogP contribution in [0.1, 0.15) is 6.23 Å². The third kappa shape index (κ3) is 4.57. The van der Waals surface area contributed by atoms with Gasteiger partial charge in [-0.25, -0.2) is 4.57 Å². The molecule has 29 heavy (non-hydrogen) atoms. The van der Waals surface area contributed by atoms with E-state index in [4.69, 9.17) is 10.5 Å². The first-order valence-corrected chi connectivity index (χ1v) is 10.7. The van der Waals surface area contributed by atoms with E-state index in [0.29, 0.717) is 0 Å². The number of aliphatic hydroxyl groups excluding tert-OH is 2. The number of anilines is 1. The molecule has 0 aromatic carbocycles. The summed E-state index contributed by atoms with van der Waals surface area (Å²) in [6.45, 7) is -0.975. The molecule has 1 fully saturated rings. The van der Waals surface area contributed by atoms with E-state index >= 15 is 0 Å². The number of nitrogen functional groups attached to an aromatic ring is 1. The largest absolute Gasteiger partial charge is 0.790 e. The van der Waals surface area contributed by atoms with Gasteiger partial charge in [-0.05, 0) is 0 Å². The molecule has 162 valence electrons. The molecule has 1 saturated heterocycles. The highest BCUT2D eigenvalue weighted by Crippen LogP contribution is 2.50. The molecule has 0 spiro atoms. The predicted molar refractivity (Wildman–Crippen MR) is 84.1 cm³/mol. The zero-order valence-corrected chi connectivity index (χ0v) is 16.3. The molecule has 1 aliphatic rings. The molecular weight excluding hydrogens is 440 g/mol. The van der Waals surface area contributed by atoms with Gasteiger partial charge < -0.3 is 44.5 Å². The number of nitrogens with two attached hydrogens (primary N) is 1.